The van der Waals surface area contributed by atoms with E-state index < -0.39 is 10.0 Å². The summed E-state index contributed by atoms with van der Waals surface area (Å²) in [5.74, 6) is 1.37. The first kappa shape index (κ1) is 17.5. The maximum atomic E-state index is 12.4. The molecule has 0 amide bonds. The lowest BCUT2D eigenvalue weighted by atomic mass is 10.1. The standard InChI is InChI=1S/C15H17ClN2O4S2/c1-18(2)11(10-3-4-12-13(7-10)22-9-21-12)8-17-24(19,20)15-6-5-14(16)23-15/h3-7,11,17H,8-9H2,1-2H3/t11-/m1/s1. The van der Waals surface area contributed by atoms with Gasteiger partial charge in [0.2, 0.25) is 16.8 Å². The second-order valence-electron chi connectivity index (χ2n) is 5.50. The van der Waals surface area contributed by atoms with Crippen LogP contribution in [0.15, 0.2) is 34.5 Å². The molecule has 1 aromatic carbocycles. The topological polar surface area (TPSA) is 67.9 Å². The summed E-state index contributed by atoms with van der Waals surface area (Å²) in [4.78, 5) is 1.95. The van der Waals surface area contributed by atoms with E-state index in [0.717, 1.165) is 16.9 Å². The maximum Gasteiger partial charge on any atom is 0.250 e. The summed E-state index contributed by atoms with van der Waals surface area (Å²) in [5, 5.41) is 0. The van der Waals surface area contributed by atoms with Crippen molar-refractivity contribution in [1.82, 2.24) is 9.62 Å². The zero-order chi connectivity index (χ0) is 17.3. The van der Waals surface area contributed by atoms with Crippen molar-refractivity contribution >= 4 is 33.0 Å². The van der Waals surface area contributed by atoms with Crippen LogP contribution in [-0.2, 0) is 10.0 Å². The van der Waals surface area contributed by atoms with Crippen molar-refractivity contribution in [1.29, 1.82) is 0 Å². The van der Waals surface area contributed by atoms with E-state index in [9.17, 15) is 8.42 Å². The average Bonchev–Trinajstić information content (AvgIpc) is 3.15. The summed E-state index contributed by atoms with van der Waals surface area (Å²) in [5.41, 5.74) is 0.941. The highest BCUT2D eigenvalue weighted by Crippen LogP contribution is 2.35. The highest BCUT2D eigenvalue weighted by atomic mass is 35.5. The molecule has 9 heteroatoms. The first-order valence-corrected chi connectivity index (χ1v) is 9.85. The monoisotopic (exact) mass is 388 g/mol. The minimum absolute atomic E-state index is 0.148. The van der Waals surface area contributed by atoms with E-state index in [1.54, 1.807) is 6.07 Å². The van der Waals surface area contributed by atoms with Crippen molar-refractivity contribution in [3.63, 3.8) is 0 Å². The Morgan fingerprint density at radius 3 is 2.67 bits per heavy atom. The first-order valence-electron chi connectivity index (χ1n) is 7.18. The predicted molar refractivity (Wildman–Crippen MR) is 93.5 cm³/mol. The smallest absolute Gasteiger partial charge is 0.250 e. The first-order chi connectivity index (χ1) is 11.4. The zero-order valence-electron chi connectivity index (χ0n) is 13.2. The van der Waals surface area contributed by atoms with Crippen molar-refractivity contribution in [3.05, 3.63) is 40.2 Å². The number of hydrogen-bond acceptors (Lipinski definition) is 6. The molecule has 3 rings (SSSR count). The normalized spacial score (nSPS) is 15.0. The van der Waals surface area contributed by atoms with Gasteiger partial charge in [-0.25, -0.2) is 13.1 Å². The van der Waals surface area contributed by atoms with Crippen LogP contribution in [0.5, 0.6) is 11.5 Å². The van der Waals surface area contributed by atoms with Gasteiger partial charge in [0.05, 0.1) is 4.34 Å². The van der Waals surface area contributed by atoms with Crippen molar-refractivity contribution in [2.75, 3.05) is 27.4 Å². The van der Waals surface area contributed by atoms with Crippen molar-refractivity contribution < 1.29 is 17.9 Å². The minimum Gasteiger partial charge on any atom is -0.454 e. The SMILES string of the molecule is CN(C)[C@H](CNS(=O)(=O)c1ccc(Cl)s1)c1ccc2c(c1)OCO2. The molecule has 0 radical (unpaired) electrons. The van der Waals surface area contributed by atoms with Crippen LogP contribution < -0.4 is 14.2 Å². The van der Waals surface area contributed by atoms with Crippen LogP contribution in [0.1, 0.15) is 11.6 Å². The zero-order valence-corrected chi connectivity index (χ0v) is 15.5. The molecule has 24 heavy (non-hydrogen) atoms. The number of rotatable bonds is 6. The number of sulfonamides is 1. The van der Waals surface area contributed by atoms with Gasteiger partial charge in [-0.2, -0.15) is 0 Å². The summed E-state index contributed by atoms with van der Waals surface area (Å²) in [6.07, 6.45) is 0. The van der Waals surface area contributed by atoms with Crippen LogP contribution in [0.3, 0.4) is 0 Å². The lowest BCUT2D eigenvalue weighted by molar-refractivity contribution is 0.174. The molecule has 0 spiro atoms. The molecule has 1 atom stereocenters. The van der Waals surface area contributed by atoms with Crippen LogP contribution in [0, 0.1) is 0 Å². The predicted octanol–water partition coefficient (Wildman–Crippen LogP) is 2.71. The molecule has 0 bridgehead atoms. The van der Waals surface area contributed by atoms with Gasteiger partial charge in [0.15, 0.2) is 11.5 Å². The fourth-order valence-electron chi connectivity index (χ4n) is 2.42. The molecule has 1 aliphatic rings. The molecule has 1 aliphatic heterocycles. The lowest BCUT2D eigenvalue weighted by Crippen LogP contribution is -2.34. The Hall–Kier alpha value is -1.32. The molecule has 0 fully saturated rings. The van der Waals surface area contributed by atoms with Gasteiger partial charge in [0.25, 0.3) is 0 Å². The van der Waals surface area contributed by atoms with Crippen molar-refractivity contribution in [3.8, 4) is 11.5 Å². The van der Waals surface area contributed by atoms with E-state index in [1.807, 2.05) is 37.2 Å². The van der Waals surface area contributed by atoms with E-state index in [2.05, 4.69) is 4.72 Å². The third kappa shape index (κ3) is 3.68. The highest BCUT2D eigenvalue weighted by Gasteiger charge is 2.23. The molecule has 1 aromatic heterocycles. The Labute approximate surface area is 150 Å². The van der Waals surface area contributed by atoms with Crippen LogP contribution in [0.4, 0.5) is 0 Å². The van der Waals surface area contributed by atoms with Gasteiger partial charge in [-0.05, 0) is 43.9 Å². The van der Waals surface area contributed by atoms with Crippen LogP contribution in [-0.4, -0.2) is 40.8 Å². The molecule has 2 aromatic rings. The van der Waals surface area contributed by atoms with Gasteiger partial charge in [-0.1, -0.05) is 17.7 Å². The number of fused-ring (bicyclic) bond motifs is 1. The summed E-state index contributed by atoms with van der Waals surface area (Å²) >= 11 is 6.85. The van der Waals surface area contributed by atoms with Gasteiger partial charge >= 0.3 is 0 Å². The molecule has 130 valence electrons. The minimum atomic E-state index is -3.59. The van der Waals surface area contributed by atoms with E-state index in [0.29, 0.717) is 15.8 Å². The van der Waals surface area contributed by atoms with Crippen LogP contribution >= 0.6 is 22.9 Å². The lowest BCUT2D eigenvalue weighted by Gasteiger charge is -2.25. The number of thiophene rings is 1. The molecule has 2 heterocycles. The number of ether oxygens (including phenoxy) is 2. The fourth-order valence-corrected chi connectivity index (χ4v) is 4.99. The molecule has 0 saturated heterocycles. The molecule has 6 nitrogen and oxygen atoms in total. The summed E-state index contributed by atoms with van der Waals surface area (Å²) < 4.78 is 38.7. The number of likely N-dealkylation sites (N-methyl/N-ethyl adjacent to an activating group) is 1. The molecule has 0 saturated carbocycles. The quantitative estimate of drug-likeness (QED) is 0.824. The van der Waals surface area contributed by atoms with Gasteiger partial charge in [0.1, 0.15) is 4.21 Å². The number of halogens is 1. The summed E-state index contributed by atoms with van der Waals surface area (Å²) in [7, 11) is 0.203. The van der Waals surface area contributed by atoms with E-state index >= 15 is 0 Å². The Kier molecular flexibility index (Phi) is 5.03. The van der Waals surface area contributed by atoms with E-state index in [-0.39, 0.29) is 23.6 Å². The second kappa shape index (κ2) is 6.89. The number of hydrogen-bond donors (Lipinski definition) is 1. The van der Waals surface area contributed by atoms with Gasteiger partial charge in [-0.3, -0.25) is 0 Å². The van der Waals surface area contributed by atoms with E-state index in [4.69, 9.17) is 21.1 Å². The molecule has 1 N–H and O–H groups in total. The average molecular weight is 389 g/mol. The number of nitrogens with one attached hydrogen (secondary N) is 1. The van der Waals surface area contributed by atoms with Crippen molar-refractivity contribution in [2.24, 2.45) is 0 Å². The largest absolute Gasteiger partial charge is 0.454 e. The Balaban J connectivity index is 1.77. The highest BCUT2D eigenvalue weighted by molar-refractivity contribution is 7.91. The Morgan fingerprint density at radius 1 is 1.25 bits per heavy atom. The van der Waals surface area contributed by atoms with Crippen LogP contribution in [0.25, 0.3) is 0 Å². The van der Waals surface area contributed by atoms with Crippen molar-refractivity contribution in [2.45, 2.75) is 10.3 Å². The number of nitrogens with zero attached hydrogens (tertiary/aromatic N) is 1. The molecular formula is C15H17ClN2O4S2. The Morgan fingerprint density at radius 2 is 2.00 bits per heavy atom. The van der Waals surface area contributed by atoms with Gasteiger partial charge in [-0.15, -0.1) is 11.3 Å². The third-order valence-electron chi connectivity index (χ3n) is 3.68. The van der Waals surface area contributed by atoms with Gasteiger partial charge in [0, 0.05) is 12.6 Å². The fraction of sp³-hybridized carbons (Fsp3) is 0.333. The van der Waals surface area contributed by atoms with Gasteiger partial charge < -0.3 is 14.4 Å². The maximum absolute atomic E-state index is 12.4. The summed E-state index contributed by atoms with van der Waals surface area (Å²) in [6, 6.07) is 8.55. The second-order valence-corrected chi connectivity index (χ2v) is 9.21. The Bertz CT molecular complexity index is 836. The van der Waals surface area contributed by atoms with E-state index in [1.165, 1.54) is 6.07 Å². The molecular weight excluding hydrogens is 372 g/mol. The van der Waals surface area contributed by atoms with Crippen LogP contribution in [0.2, 0.25) is 4.34 Å². The molecule has 0 aliphatic carbocycles. The number of benzene rings is 1. The molecule has 0 unspecified atom stereocenters. The third-order valence-corrected chi connectivity index (χ3v) is 6.83. The summed E-state index contributed by atoms with van der Waals surface area (Å²) in [6.45, 7) is 0.432.